The highest BCUT2D eigenvalue weighted by molar-refractivity contribution is 7.89. The molecule has 1 amide bonds. The third-order valence-corrected chi connectivity index (χ3v) is 6.11. The zero-order chi connectivity index (χ0) is 17.0. The second kappa shape index (κ2) is 8.80. The summed E-state index contributed by atoms with van der Waals surface area (Å²) in [7, 11) is -1.84. The number of hydrogen-bond acceptors (Lipinski definition) is 6. The molecular formula is C14H25ClN4O4S. The number of amides is 1. The lowest BCUT2D eigenvalue weighted by molar-refractivity contribution is -0.130. The highest BCUT2D eigenvalue weighted by Gasteiger charge is 2.32. The molecule has 1 saturated heterocycles. The van der Waals surface area contributed by atoms with Crippen molar-refractivity contribution in [3.63, 3.8) is 0 Å². The Morgan fingerprint density at radius 2 is 1.96 bits per heavy atom. The molecule has 0 atom stereocenters. The van der Waals surface area contributed by atoms with Crippen LogP contribution in [0.15, 0.2) is 9.42 Å². The van der Waals surface area contributed by atoms with E-state index in [1.54, 1.807) is 25.8 Å². The van der Waals surface area contributed by atoms with Crippen LogP contribution < -0.4 is 5.32 Å². The summed E-state index contributed by atoms with van der Waals surface area (Å²) >= 11 is 0. The second-order valence-electron chi connectivity index (χ2n) is 5.65. The van der Waals surface area contributed by atoms with E-state index in [2.05, 4.69) is 10.5 Å². The van der Waals surface area contributed by atoms with E-state index in [-0.39, 0.29) is 29.8 Å². The maximum atomic E-state index is 12.8. The van der Waals surface area contributed by atoms with Crippen LogP contribution in [0.25, 0.3) is 0 Å². The Hall–Kier alpha value is -1.16. The molecule has 1 aliphatic heterocycles. The Kier molecular flexibility index (Phi) is 7.65. The van der Waals surface area contributed by atoms with Crippen molar-refractivity contribution < 1.29 is 17.7 Å². The second-order valence-corrected chi connectivity index (χ2v) is 7.52. The zero-order valence-electron chi connectivity index (χ0n) is 14.2. The summed E-state index contributed by atoms with van der Waals surface area (Å²) in [4.78, 5) is 14.0. The van der Waals surface area contributed by atoms with Gasteiger partial charge in [0.2, 0.25) is 15.9 Å². The van der Waals surface area contributed by atoms with Crippen molar-refractivity contribution in [3.8, 4) is 0 Å². The topological polar surface area (TPSA) is 95.8 Å². The third kappa shape index (κ3) is 4.47. The Morgan fingerprint density at radius 3 is 2.54 bits per heavy atom. The summed E-state index contributed by atoms with van der Waals surface area (Å²) < 4.78 is 32.0. The smallest absolute Gasteiger partial charge is 0.248 e. The molecule has 2 rings (SSSR count). The van der Waals surface area contributed by atoms with Crippen LogP contribution in [0.1, 0.15) is 24.3 Å². The van der Waals surface area contributed by atoms with Gasteiger partial charge in [-0.25, -0.2) is 8.42 Å². The molecule has 1 N–H and O–H groups in total. The molecule has 1 aliphatic rings. The molecule has 0 bridgehead atoms. The van der Waals surface area contributed by atoms with E-state index in [1.165, 1.54) is 4.31 Å². The highest BCUT2D eigenvalue weighted by Crippen LogP contribution is 2.24. The zero-order valence-corrected chi connectivity index (χ0v) is 15.9. The third-order valence-electron chi connectivity index (χ3n) is 3.96. The van der Waals surface area contributed by atoms with Crippen molar-refractivity contribution in [3.05, 3.63) is 11.5 Å². The minimum atomic E-state index is -3.64. The largest absolute Gasteiger partial charge is 0.360 e. The number of nitrogens with zero attached hydrogens (tertiary/aromatic N) is 3. The van der Waals surface area contributed by atoms with Crippen molar-refractivity contribution in [1.82, 2.24) is 19.7 Å². The van der Waals surface area contributed by atoms with Gasteiger partial charge in [0.25, 0.3) is 0 Å². The number of hydrogen-bond donors (Lipinski definition) is 1. The number of carbonyl (C=O) groups excluding carboxylic acids is 1. The van der Waals surface area contributed by atoms with Gasteiger partial charge < -0.3 is 14.7 Å². The van der Waals surface area contributed by atoms with Gasteiger partial charge in [-0.2, -0.15) is 4.31 Å². The fraction of sp³-hybridized carbons (Fsp3) is 0.714. The van der Waals surface area contributed by atoms with Gasteiger partial charge in [-0.15, -0.1) is 12.4 Å². The number of rotatable bonds is 5. The molecule has 0 spiro atoms. The van der Waals surface area contributed by atoms with E-state index in [4.69, 9.17) is 4.52 Å². The molecule has 1 fully saturated rings. The number of halogens is 1. The van der Waals surface area contributed by atoms with Crippen molar-refractivity contribution in [2.24, 2.45) is 0 Å². The molecule has 24 heavy (non-hydrogen) atoms. The fourth-order valence-electron chi connectivity index (χ4n) is 2.75. The molecule has 138 valence electrons. The van der Waals surface area contributed by atoms with Crippen LogP contribution >= 0.6 is 12.4 Å². The van der Waals surface area contributed by atoms with Crippen molar-refractivity contribution in [1.29, 1.82) is 0 Å². The average Bonchev–Trinajstić information content (AvgIpc) is 2.73. The molecule has 0 aliphatic carbocycles. The molecule has 2 heterocycles. The summed E-state index contributed by atoms with van der Waals surface area (Å²) in [5.74, 6) is 0.352. The van der Waals surface area contributed by atoms with Gasteiger partial charge in [0.15, 0.2) is 5.76 Å². The lowest BCUT2D eigenvalue weighted by atomic mass is 10.3. The quantitative estimate of drug-likeness (QED) is 0.801. The molecule has 0 radical (unpaired) electrons. The van der Waals surface area contributed by atoms with Crippen LogP contribution in [0.5, 0.6) is 0 Å². The van der Waals surface area contributed by atoms with Gasteiger partial charge in [0.1, 0.15) is 10.6 Å². The number of aromatic nitrogens is 1. The van der Waals surface area contributed by atoms with Gasteiger partial charge in [0, 0.05) is 39.1 Å². The summed E-state index contributed by atoms with van der Waals surface area (Å²) in [5, 5.41) is 6.67. The summed E-state index contributed by atoms with van der Waals surface area (Å²) in [6.07, 6.45) is 1.04. The van der Waals surface area contributed by atoms with Crippen LogP contribution in [0.4, 0.5) is 0 Å². The van der Waals surface area contributed by atoms with E-state index in [0.717, 1.165) is 0 Å². The number of nitrogens with one attached hydrogen (secondary N) is 1. The Morgan fingerprint density at radius 1 is 1.25 bits per heavy atom. The van der Waals surface area contributed by atoms with E-state index in [1.807, 2.05) is 0 Å². The summed E-state index contributed by atoms with van der Waals surface area (Å²) in [6.45, 7) is 5.50. The molecule has 0 aromatic carbocycles. The maximum Gasteiger partial charge on any atom is 0.248 e. The Bertz CT molecular complexity index is 642. The van der Waals surface area contributed by atoms with Crippen LogP contribution in [-0.2, 0) is 14.8 Å². The normalized spacial score (nSPS) is 16.5. The van der Waals surface area contributed by atoms with Crippen LogP contribution in [-0.4, -0.2) is 68.5 Å². The molecule has 0 unspecified atom stereocenters. The summed E-state index contributed by atoms with van der Waals surface area (Å²) in [5.41, 5.74) is 0.369. The van der Waals surface area contributed by atoms with Crippen LogP contribution in [0, 0.1) is 13.8 Å². The predicted octanol–water partition coefficient (Wildman–Crippen LogP) is 0.546. The molecular weight excluding hydrogens is 356 g/mol. The first-order valence-corrected chi connectivity index (χ1v) is 9.17. The van der Waals surface area contributed by atoms with E-state index in [0.29, 0.717) is 50.5 Å². The number of sulfonamides is 1. The van der Waals surface area contributed by atoms with Gasteiger partial charge in [-0.3, -0.25) is 4.79 Å². The first kappa shape index (κ1) is 20.9. The number of aryl methyl sites for hydroxylation is 2. The minimum Gasteiger partial charge on any atom is -0.360 e. The fourth-order valence-corrected chi connectivity index (χ4v) is 4.51. The van der Waals surface area contributed by atoms with Gasteiger partial charge >= 0.3 is 0 Å². The molecule has 0 saturated carbocycles. The first-order valence-electron chi connectivity index (χ1n) is 7.73. The lowest BCUT2D eigenvalue weighted by Crippen LogP contribution is -2.38. The number of carbonyl (C=O) groups is 1. The molecule has 8 nitrogen and oxygen atoms in total. The average molecular weight is 381 g/mol. The molecule has 1 aromatic heterocycles. The van der Waals surface area contributed by atoms with E-state index >= 15 is 0 Å². The van der Waals surface area contributed by atoms with Gasteiger partial charge in [0.05, 0.1) is 0 Å². The lowest BCUT2D eigenvalue weighted by Gasteiger charge is -2.22. The van der Waals surface area contributed by atoms with E-state index < -0.39 is 10.0 Å². The van der Waals surface area contributed by atoms with Gasteiger partial charge in [-0.1, -0.05) is 5.16 Å². The van der Waals surface area contributed by atoms with Crippen molar-refractivity contribution in [2.45, 2.75) is 31.6 Å². The first-order chi connectivity index (χ1) is 10.9. The van der Waals surface area contributed by atoms with Crippen LogP contribution in [0.3, 0.4) is 0 Å². The van der Waals surface area contributed by atoms with Crippen molar-refractivity contribution in [2.75, 3.05) is 39.8 Å². The van der Waals surface area contributed by atoms with Crippen molar-refractivity contribution >= 4 is 28.3 Å². The minimum absolute atomic E-state index is 0. The van der Waals surface area contributed by atoms with E-state index in [9.17, 15) is 13.2 Å². The standard InChI is InChI=1S/C14H24N4O4S.ClH/c1-11-14(12(2)22-16-11)23(20,21)18-8-4-7-17(9-10-18)13(19)5-6-15-3;/h15H,4-10H2,1-3H3;1H. The van der Waals surface area contributed by atoms with Gasteiger partial charge in [-0.05, 0) is 27.3 Å². The molecule has 1 aromatic rings. The maximum absolute atomic E-state index is 12.8. The SMILES string of the molecule is CNCCC(=O)N1CCCN(S(=O)(=O)c2c(C)noc2C)CC1.Cl. The summed E-state index contributed by atoms with van der Waals surface area (Å²) in [6, 6.07) is 0. The monoisotopic (exact) mass is 380 g/mol. The van der Waals surface area contributed by atoms with Crippen LogP contribution in [0.2, 0.25) is 0 Å². The highest BCUT2D eigenvalue weighted by atomic mass is 35.5. The predicted molar refractivity (Wildman–Crippen MR) is 91.7 cm³/mol. The molecule has 10 heteroatoms. The Balaban J connectivity index is 0.00000288. The Labute approximate surface area is 149 Å².